The van der Waals surface area contributed by atoms with Crippen LogP contribution < -0.4 is 10.1 Å². The van der Waals surface area contributed by atoms with Crippen molar-refractivity contribution in [3.63, 3.8) is 0 Å². The van der Waals surface area contributed by atoms with Gasteiger partial charge in [-0.1, -0.05) is 63.6 Å². The molecule has 1 rings (SSSR count). The molecule has 1 N–H and O–H groups in total. The lowest BCUT2D eigenvalue weighted by Crippen LogP contribution is -2.22. The third kappa shape index (κ3) is 11.7. The van der Waals surface area contributed by atoms with Crippen molar-refractivity contribution in [3.8, 4) is 5.75 Å². The Labute approximate surface area is 199 Å². The third-order valence-electron chi connectivity index (χ3n) is 5.20. The average molecular weight is 462 g/mol. The van der Waals surface area contributed by atoms with Crippen LogP contribution in [0.2, 0.25) is 0 Å². The first-order valence-corrected chi connectivity index (χ1v) is 11.4. The molecule has 0 spiro atoms. The number of benzene rings is 1. The van der Waals surface area contributed by atoms with Crippen molar-refractivity contribution in [1.29, 1.82) is 0 Å². The normalized spacial score (nSPS) is 11.9. The second-order valence-corrected chi connectivity index (χ2v) is 8.16. The molecular weight excluding hydrogens is 420 g/mol. The van der Waals surface area contributed by atoms with Crippen LogP contribution in [0.15, 0.2) is 60.2 Å². The van der Waals surface area contributed by atoms with Gasteiger partial charge in [0.1, 0.15) is 5.75 Å². The van der Waals surface area contributed by atoms with Gasteiger partial charge in [-0.05, 0) is 61.6 Å². The van der Waals surface area contributed by atoms with Crippen molar-refractivity contribution < 1.29 is 18.3 Å². The fourth-order valence-corrected chi connectivity index (χ4v) is 2.73. The molecule has 0 fully saturated rings. The van der Waals surface area contributed by atoms with Gasteiger partial charge in [-0.3, -0.25) is 4.79 Å². The van der Waals surface area contributed by atoms with Crippen LogP contribution in [-0.4, -0.2) is 19.6 Å². The largest absolute Gasteiger partial charge is 0.496 e. The van der Waals surface area contributed by atoms with E-state index in [2.05, 4.69) is 25.4 Å². The van der Waals surface area contributed by atoms with Crippen LogP contribution >= 0.6 is 0 Å². The summed E-state index contributed by atoms with van der Waals surface area (Å²) < 4.78 is 32.6. The Bertz CT molecular complexity index is 861. The van der Waals surface area contributed by atoms with Crippen molar-refractivity contribution in [1.82, 2.24) is 5.32 Å². The molecule has 1 aromatic rings. The summed E-state index contributed by atoms with van der Waals surface area (Å²) in [5.74, 6) is -2.60. The minimum atomic E-state index is -2.96. The fourth-order valence-electron chi connectivity index (χ4n) is 2.73. The summed E-state index contributed by atoms with van der Waals surface area (Å²) in [6.07, 6.45) is 7.93. The molecule has 0 aliphatic rings. The molecule has 184 valence electrons. The summed E-state index contributed by atoms with van der Waals surface area (Å²) in [5, 5.41) is 2.83. The molecule has 3 nitrogen and oxygen atoms in total. The molecule has 1 amide bonds. The molecule has 0 aromatic heterocycles. The summed E-state index contributed by atoms with van der Waals surface area (Å²) in [4.78, 5) is 10.7. The van der Waals surface area contributed by atoms with E-state index in [9.17, 15) is 13.6 Å². The van der Waals surface area contributed by atoms with Crippen molar-refractivity contribution in [2.75, 3.05) is 13.7 Å². The highest BCUT2D eigenvalue weighted by atomic mass is 19.3. The number of ether oxygens (including phenoxy) is 1. The second-order valence-electron chi connectivity index (χ2n) is 8.16. The van der Waals surface area contributed by atoms with E-state index in [4.69, 9.17) is 4.74 Å². The Balaban J connectivity index is 0.000000861. The zero-order chi connectivity index (χ0) is 25.6. The van der Waals surface area contributed by atoms with Gasteiger partial charge in [0.15, 0.2) is 0 Å². The first kappa shape index (κ1) is 30.3. The van der Waals surface area contributed by atoms with Gasteiger partial charge >= 0.3 is 0 Å². The van der Waals surface area contributed by atoms with Crippen LogP contribution in [-0.2, 0) is 10.7 Å². The maximum absolute atomic E-state index is 13.8. The first-order valence-electron chi connectivity index (χ1n) is 11.4. The van der Waals surface area contributed by atoms with E-state index in [0.717, 1.165) is 47.7 Å². The molecule has 0 unspecified atom stereocenters. The van der Waals surface area contributed by atoms with Gasteiger partial charge in [0.2, 0.25) is 5.91 Å². The van der Waals surface area contributed by atoms with Crippen LogP contribution in [0.1, 0.15) is 78.4 Å². The molecule has 0 atom stereocenters. The quantitative estimate of drug-likeness (QED) is 0.268. The molecule has 5 heteroatoms. The zero-order valence-electron chi connectivity index (χ0n) is 21.4. The maximum atomic E-state index is 13.8. The number of hydrogen-bond acceptors (Lipinski definition) is 2. The van der Waals surface area contributed by atoms with Crippen molar-refractivity contribution in [3.05, 3.63) is 71.4 Å². The van der Waals surface area contributed by atoms with Gasteiger partial charge in [0.05, 0.1) is 12.7 Å². The minimum absolute atomic E-state index is 0.111. The Morgan fingerprint density at radius 1 is 1.12 bits per heavy atom. The molecule has 0 aliphatic heterocycles. The van der Waals surface area contributed by atoms with Crippen molar-refractivity contribution >= 4 is 11.5 Å². The Hall–Kier alpha value is -2.69. The average Bonchev–Trinajstić information content (AvgIpc) is 2.78. The zero-order valence-corrected chi connectivity index (χ0v) is 21.4. The smallest absolute Gasteiger partial charge is 0.274 e. The van der Waals surface area contributed by atoms with E-state index in [1.54, 1.807) is 12.1 Å². The first-order chi connectivity index (χ1) is 15.4. The number of carbonyl (C=O) groups is 1. The van der Waals surface area contributed by atoms with Crippen LogP contribution in [0.5, 0.6) is 5.75 Å². The van der Waals surface area contributed by atoms with Crippen LogP contribution in [0.3, 0.4) is 0 Å². The summed E-state index contributed by atoms with van der Waals surface area (Å²) in [5.41, 5.74) is 4.26. The number of rotatable bonds is 11. The van der Waals surface area contributed by atoms with E-state index >= 15 is 0 Å². The SMILES string of the molecule is C=C(C)C(=C)/C=C\C(C)=C(/C)c1ccc(OC)c(C(C)(F)F)c1.CCCCCNC(=O)CC. The molecule has 1 aromatic carbocycles. The molecule has 0 aliphatic carbocycles. The van der Waals surface area contributed by atoms with E-state index in [0.29, 0.717) is 6.42 Å². The van der Waals surface area contributed by atoms with Crippen LogP contribution in [0, 0.1) is 0 Å². The van der Waals surface area contributed by atoms with E-state index in [1.807, 2.05) is 39.8 Å². The molecule has 0 heterocycles. The molecule has 0 bridgehead atoms. The molecule has 0 saturated heterocycles. The lowest BCUT2D eigenvalue weighted by molar-refractivity contribution is -0.120. The predicted octanol–water partition coefficient (Wildman–Crippen LogP) is 7.99. The molecule has 0 radical (unpaired) electrons. The third-order valence-corrected chi connectivity index (χ3v) is 5.20. The monoisotopic (exact) mass is 461 g/mol. The molecule has 0 saturated carbocycles. The number of unbranched alkanes of at least 4 members (excludes halogenated alkanes) is 2. The van der Waals surface area contributed by atoms with E-state index < -0.39 is 5.92 Å². The number of alkyl halides is 2. The lowest BCUT2D eigenvalue weighted by Gasteiger charge is -2.17. The highest BCUT2D eigenvalue weighted by Gasteiger charge is 2.28. The van der Waals surface area contributed by atoms with Crippen LogP contribution in [0.4, 0.5) is 8.78 Å². The fraction of sp³-hybridized carbons (Fsp3) is 0.464. The number of hydrogen-bond donors (Lipinski definition) is 1. The van der Waals surface area contributed by atoms with Gasteiger partial charge in [0.25, 0.3) is 5.92 Å². The van der Waals surface area contributed by atoms with Crippen molar-refractivity contribution in [2.24, 2.45) is 0 Å². The minimum Gasteiger partial charge on any atom is -0.496 e. The number of nitrogens with one attached hydrogen (secondary N) is 1. The Morgan fingerprint density at radius 3 is 2.24 bits per heavy atom. The van der Waals surface area contributed by atoms with Gasteiger partial charge in [-0.15, -0.1) is 0 Å². The summed E-state index contributed by atoms with van der Waals surface area (Å²) in [6.45, 7) is 19.2. The lowest BCUT2D eigenvalue weighted by atomic mass is 9.97. The maximum Gasteiger partial charge on any atom is 0.274 e. The Kier molecular flexibility index (Phi) is 14.0. The molecule has 33 heavy (non-hydrogen) atoms. The Morgan fingerprint density at radius 2 is 1.76 bits per heavy atom. The number of methoxy groups -OCH3 is 1. The highest BCUT2D eigenvalue weighted by Crippen LogP contribution is 2.36. The number of halogens is 2. The topological polar surface area (TPSA) is 38.3 Å². The predicted molar refractivity (Wildman–Crippen MR) is 137 cm³/mol. The summed E-state index contributed by atoms with van der Waals surface area (Å²) in [6, 6.07) is 4.85. The standard InChI is InChI=1S/C20H24F2O.C8H17NO/c1-13(2)14(3)8-9-15(4)16(5)17-10-11-19(23-7)18(12-17)20(6,21)22;1-3-5-6-7-9-8(10)4-2/h8-12H,1,3H2,2,4-7H3;3-7H2,1-2H3,(H,9,10)/b9-8-,16-15+;. The second kappa shape index (κ2) is 15.2. The summed E-state index contributed by atoms with van der Waals surface area (Å²) in [7, 11) is 1.39. The van der Waals surface area contributed by atoms with Crippen molar-refractivity contribution in [2.45, 2.75) is 73.1 Å². The number of allylic oxidation sites excluding steroid dienone is 6. The number of amides is 1. The van der Waals surface area contributed by atoms with Gasteiger partial charge in [-0.2, -0.15) is 0 Å². The van der Waals surface area contributed by atoms with Crippen LogP contribution in [0.25, 0.3) is 5.57 Å². The molecular formula is C28H41F2NO2. The van der Waals surface area contributed by atoms with Gasteiger partial charge in [-0.25, -0.2) is 8.78 Å². The van der Waals surface area contributed by atoms with Gasteiger partial charge in [0, 0.05) is 19.9 Å². The van der Waals surface area contributed by atoms with Gasteiger partial charge < -0.3 is 10.1 Å². The highest BCUT2D eigenvalue weighted by molar-refractivity contribution is 5.75. The van der Waals surface area contributed by atoms with E-state index in [-0.39, 0.29) is 17.2 Å². The number of carbonyl (C=O) groups excluding carboxylic acids is 1. The summed E-state index contributed by atoms with van der Waals surface area (Å²) >= 11 is 0. The van der Waals surface area contributed by atoms with E-state index in [1.165, 1.54) is 26.0 Å².